The van der Waals surface area contributed by atoms with Crippen LogP contribution in [0.15, 0.2) is 11.8 Å². The number of hydrogen-bond donors (Lipinski definition) is 1. The van der Waals surface area contributed by atoms with Crippen LogP contribution in [0.1, 0.15) is 364 Å². The number of carbonyl (C=O) groups is 1. The molecule has 0 aliphatic rings. The molecule has 0 aromatic carbocycles. The van der Waals surface area contributed by atoms with Crippen molar-refractivity contribution < 1.29 is 20.1 Å². The van der Waals surface area contributed by atoms with Gasteiger partial charge in [-0.2, -0.15) is 0 Å². The first-order valence-electron chi connectivity index (χ1n) is 31.3. The highest BCUT2D eigenvalue weighted by Gasteiger charge is 2.10. The van der Waals surface area contributed by atoms with Crippen molar-refractivity contribution in [3.63, 3.8) is 0 Å². The number of aldehydes is 1. The van der Waals surface area contributed by atoms with E-state index < -0.39 is 0 Å². The molecular formula is C64H132O4. The third-order valence-electron chi connectivity index (χ3n) is 14.7. The van der Waals surface area contributed by atoms with E-state index in [9.17, 15) is 9.90 Å². The third kappa shape index (κ3) is 63.1. The van der Waals surface area contributed by atoms with E-state index in [1.54, 1.807) is 0 Å². The highest BCUT2D eigenvalue weighted by molar-refractivity contribution is 5.53. The summed E-state index contributed by atoms with van der Waals surface area (Å²) in [6.07, 6.45) is 68.7. The number of hydrogen-bond acceptors (Lipinski definition) is 3. The monoisotopic (exact) mass is 965 g/mol. The molecule has 0 saturated heterocycles. The van der Waals surface area contributed by atoms with Crippen LogP contribution in [0.2, 0.25) is 0 Å². The summed E-state index contributed by atoms with van der Waals surface area (Å²) in [4.78, 5) is 10.2. The number of unbranched alkanes of at least 4 members (excludes halogenated alkanes) is 34. The Bertz CT molecular complexity index is 887. The predicted molar refractivity (Wildman–Crippen MR) is 308 cm³/mol. The Kier molecular flexibility index (Phi) is 73.9. The van der Waals surface area contributed by atoms with Crippen molar-refractivity contribution in [1.29, 1.82) is 0 Å². The molecule has 0 rings (SSSR count). The fourth-order valence-corrected chi connectivity index (χ4v) is 9.47. The second-order valence-corrected chi connectivity index (χ2v) is 21.4. The fourth-order valence-electron chi connectivity index (χ4n) is 9.47. The van der Waals surface area contributed by atoms with Crippen LogP contribution in [0.5, 0.6) is 0 Å². The van der Waals surface area contributed by atoms with Crippen molar-refractivity contribution >= 4 is 6.29 Å². The van der Waals surface area contributed by atoms with E-state index in [0.29, 0.717) is 18.4 Å². The Balaban J connectivity index is -0.000000515. The zero-order chi connectivity index (χ0) is 49.8. The number of carbonyl (C=O) groups excluding carboxylic acids is 1. The second kappa shape index (κ2) is 68.2. The number of aliphatic hydroxyl groups is 1. The van der Waals surface area contributed by atoms with Crippen LogP contribution in [0.25, 0.3) is 0 Å². The first-order chi connectivity index (χ1) is 33.0. The highest BCUT2D eigenvalue weighted by atomic mass is 16.5. The summed E-state index contributed by atoms with van der Waals surface area (Å²) in [5.74, 6) is 1.67. The van der Waals surface area contributed by atoms with Gasteiger partial charge in [0.2, 0.25) is 0 Å². The molecule has 0 aromatic heterocycles. The summed E-state index contributed by atoms with van der Waals surface area (Å²) >= 11 is 0. The smallest absolute Gasteiger partial charge is 0.123 e. The Morgan fingerprint density at radius 2 is 0.676 bits per heavy atom. The molecule has 4 nitrogen and oxygen atoms in total. The molecule has 0 aromatic rings. The molecule has 68 heavy (non-hydrogen) atoms. The van der Waals surface area contributed by atoms with Crippen LogP contribution in [-0.2, 0) is 9.53 Å². The third-order valence-corrected chi connectivity index (χ3v) is 14.7. The van der Waals surface area contributed by atoms with Crippen LogP contribution in [0.3, 0.4) is 0 Å². The molecule has 0 spiro atoms. The fraction of sp³-hybridized carbons (Fsp3) is 0.953. The second-order valence-electron chi connectivity index (χ2n) is 21.4. The maximum absolute atomic E-state index is 10.2. The van der Waals surface area contributed by atoms with Gasteiger partial charge in [0.1, 0.15) is 6.29 Å². The maximum atomic E-state index is 10.2. The summed E-state index contributed by atoms with van der Waals surface area (Å²) in [7, 11) is 0. The minimum atomic E-state index is 0. The standard InChI is InChI=1S/C32H64O.C24H50O.C8H16O.H2O/c1-5-9-12-14-16-18-19-21-23-25-28-32(27-24-22-20-17-15-13-10-6-2)30-33-29-31(8-4)26-11-7-3;1-3-5-7-9-11-13-14-16-18-20-22-24(23-25)21-19-17-15-12-10-8-6-4-2;1-3-5-6-8(4-2)7-9;/h29,32H,5-28,30H2,1-4H3;24-25H,3-23H2,1-2H3;7-8H,3-6H2,1-2H3;1H2/b31-29+;;;. The van der Waals surface area contributed by atoms with Gasteiger partial charge in [0.05, 0.1) is 12.9 Å². The van der Waals surface area contributed by atoms with Crippen molar-refractivity contribution in [3.8, 4) is 0 Å². The quantitative estimate of drug-likeness (QED) is 0.0375. The SMILES string of the molecule is CCCCC(C=O)CC.CCCCCCCCCCCCC(CCCCCCCCCC)CO/C=C(\CC)CCCC.CCCCCCCCCCCCC(CO)CCCCCCCCCC.O. The topological polar surface area (TPSA) is 78.0 Å². The van der Waals surface area contributed by atoms with Gasteiger partial charge in [0, 0.05) is 12.5 Å². The van der Waals surface area contributed by atoms with Crippen molar-refractivity contribution in [3.05, 3.63) is 11.8 Å². The summed E-state index contributed by atoms with van der Waals surface area (Å²) in [5.41, 5.74) is 1.50. The summed E-state index contributed by atoms with van der Waals surface area (Å²) in [5, 5.41) is 9.57. The molecule has 0 heterocycles. The molecule has 412 valence electrons. The molecule has 0 bridgehead atoms. The average molecular weight is 966 g/mol. The van der Waals surface area contributed by atoms with E-state index in [-0.39, 0.29) is 5.48 Å². The largest absolute Gasteiger partial charge is 0.501 e. The molecule has 3 atom stereocenters. The molecule has 0 amide bonds. The van der Waals surface area contributed by atoms with E-state index in [1.807, 2.05) is 0 Å². The first-order valence-corrected chi connectivity index (χ1v) is 31.3. The molecule has 3 N–H and O–H groups in total. The van der Waals surface area contributed by atoms with Crippen LogP contribution in [0, 0.1) is 17.8 Å². The molecule has 4 heteroatoms. The van der Waals surface area contributed by atoms with Gasteiger partial charge in [-0.25, -0.2) is 0 Å². The molecule has 0 radical (unpaired) electrons. The normalized spacial score (nSPS) is 12.6. The summed E-state index contributed by atoms with van der Waals surface area (Å²) in [6, 6.07) is 0. The lowest BCUT2D eigenvalue weighted by atomic mass is 9.94. The predicted octanol–water partition coefficient (Wildman–Crippen LogP) is 22.0. The van der Waals surface area contributed by atoms with Gasteiger partial charge in [0.25, 0.3) is 0 Å². The molecule has 0 aliphatic carbocycles. The summed E-state index contributed by atoms with van der Waals surface area (Å²) in [6.45, 7) is 19.3. The van der Waals surface area contributed by atoms with Crippen LogP contribution >= 0.6 is 0 Å². The highest BCUT2D eigenvalue weighted by Crippen LogP contribution is 2.23. The van der Waals surface area contributed by atoms with Gasteiger partial charge in [-0.05, 0) is 75.2 Å². The van der Waals surface area contributed by atoms with Gasteiger partial charge in [-0.15, -0.1) is 0 Å². The number of allylic oxidation sites excluding steroid dienone is 1. The van der Waals surface area contributed by atoms with Gasteiger partial charge >= 0.3 is 0 Å². The van der Waals surface area contributed by atoms with Gasteiger partial charge in [-0.3, -0.25) is 0 Å². The van der Waals surface area contributed by atoms with E-state index in [4.69, 9.17) is 4.74 Å². The zero-order valence-corrected chi connectivity index (χ0v) is 48.5. The molecule has 3 unspecified atom stereocenters. The minimum Gasteiger partial charge on any atom is -0.501 e. The van der Waals surface area contributed by atoms with Crippen molar-refractivity contribution in [2.75, 3.05) is 13.2 Å². The molecular weight excluding hydrogens is 833 g/mol. The van der Waals surface area contributed by atoms with E-state index in [1.165, 1.54) is 295 Å². The Hall–Kier alpha value is -0.870. The lowest BCUT2D eigenvalue weighted by Gasteiger charge is -2.17. The number of ether oxygens (including phenoxy) is 1. The lowest BCUT2D eigenvalue weighted by molar-refractivity contribution is -0.111. The first kappa shape index (κ1) is 73.7. The minimum absolute atomic E-state index is 0. The van der Waals surface area contributed by atoms with Crippen LogP contribution in [0.4, 0.5) is 0 Å². The van der Waals surface area contributed by atoms with Crippen LogP contribution in [-0.4, -0.2) is 30.1 Å². The molecule has 0 fully saturated rings. The Morgan fingerprint density at radius 3 is 0.941 bits per heavy atom. The van der Waals surface area contributed by atoms with E-state index in [0.717, 1.165) is 38.1 Å². The lowest BCUT2D eigenvalue weighted by Crippen LogP contribution is -2.08. The Morgan fingerprint density at radius 1 is 0.382 bits per heavy atom. The number of rotatable bonds is 53. The van der Waals surface area contributed by atoms with Crippen LogP contribution < -0.4 is 0 Å². The molecule has 0 saturated carbocycles. The summed E-state index contributed by atoms with van der Waals surface area (Å²) < 4.78 is 6.15. The Labute approximate surface area is 431 Å². The van der Waals surface area contributed by atoms with Gasteiger partial charge < -0.3 is 20.1 Å². The van der Waals surface area contributed by atoms with Crippen molar-refractivity contribution in [1.82, 2.24) is 0 Å². The zero-order valence-electron chi connectivity index (χ0n) is 48.5. The van der Waals surface area contributed by atoms with E-state index >= 15 is 0 Å². The maximum Gasteiger partial charge on any atom is 0.123 e. The number of aliphatic hydroxyl groups excluding tert-OH is 1. The van der Waals surface area contributed by atoms with E-state index in [2.05, 4.69) is 61.7 Å². The van der Waals surface area contributed by atoms with Gasteiger partial charge in [0.15, 0.2) is 0 Å². The van der Waals surface area contributed by atoms with Crippen molar-refractivity contribution in [2.24, 2.45) is 17.8 Å². The molecule has 0 aliphatic heterocycles. The average Bonchev–Trinajstić information content (AvgIpc) is 3.35. The van der Waals surface area contributed by atoms with Crippen molar-refractivity contribution in [2.45, 2.75) is 364 Å². The van der Waals surface area contributed by atoms with Gasteiger partial charge in [-0.1, -0.05) is 306 Å².